The molecule has 11 heteroatoms. The van der Waals surface area contributed by atoms with Gasteiger partial charge in [0.15, 0.2) is 0 Å². The fourth-order valence-corrected chi connectivity index (χ4v) is 4.26. The van der Waals surface area contributed by atoms with E-state index in [2.05, 4.69) is 5.32 Å². The van der Waals surface area contributed by atoms with Crippen molar-refractivity contribution in [1.82, 2.24) is 9.80 Å². The standard InChI is InChI=1S/C34H41N3O8.C2H6/c1-25(2)15-17-36(32(39)24-37(18-16-33(40)41)34(42)26-9-7-13-29(21-26)43-3)23-31(38)35-27-10-8-14-30(22-27)45-20-19-44-28-11-5-4-6-12-28;1-2/h4-14,21-22,25H,15-20,23-24H2,1-3H3,(H,35,38)(H,40,41);1-2H3. The van der Waals surface area contributed by atoms with Crippen LogP contribution in [0.1, 0.15) is 50.9 Å². The summed E-state index contributed by atoms with van der Waals surface area (Å²) in [4.78, 5) is 53.8. The molecule has 47 heavy (non-hydrogen) atoms. The number of nitrogens with one attached hydrogen (secondary N) is 1. The second kappa shape index (κ2) is 20.9. The van der Waals surface area contributed by atoms with Crippen LogP contribution >= 0.6 is 0 Å². The van der Waals surface area contributed by atoms with Crippen molar-refractivity contribution < 1.29 is 38.5 Å². The van der Waals surface area contributed by atoms with E-state index in [1.54, 1.807) is 42.5 Å². The zero-order chi connectivity index (χ0) is 34.6. The Morgan fingerprint density at radius 3 is 2.06 bits per heavy atom. The summed E-state index contributed by atoms with van der Waals surface area (Å²) in [6.07, 6.45) is 0.290. The highest BCUT2D eigenvalue weighted by atomic mass is 16.5. The van der Waals surface area contributed by atoms with Crippen LogP contribution in [-0.4, -0.2) is 85.1 Å². The summed E-state index contributed by atoms with van der Waals surface area (Å²) >= 11 is 0. The number of anilines is 1. The first-order chi connectivity index (χ1) is 22.6. The van der Waals surface area contributed by atoms with E-state index in [1.165, 1.54) is 23.0 Å². The third kappa shape index (κ3) is 14.3. The van der Waals surface area contributed by atoms with E-state index in [1.807, 2.05) is 58.0 Å². The van der Waals surface area contributed by atoms with Crippen molar-refractivity contribution in [1.29, 1.82) is 0 Å². The lowest BCUT2D eigenvalue weighted by molar-refractivity contribution is -0.138. The number of benzene rings is 3. The number of hydrogen-bond acceptors (Lipinski definition) is 7. The van der Waals surface area contributed by atoms with Gasteiger partial charge in [-0.05, 0) is 54.8 Å². The van der Waals surface area contributed by atoms with Crippen molar-refractivity contribution in [3.8, 4) is 17.2 Å². The van der Waals surface area contributed by atoms with E-state index in [0.29, 0.717) is 36.8 Å². The Balaban J connectivity index is 0.00000376. The van der Waals surface area contributed by atoms with Gasteiger partial charge in [0.1, 0.15) is 37.0 Å². The smallest absolute Gasteiger partial charge is 0.305 e. The molecule has 0 unspecified atom stereocenters. The van der Waals surface area contributed by atoms with E-state index in [-0.39, 0.29) is 44.1 Å². The van der Waals surface area contributed by atoms with Crippen LogP contribution in [0.3, 0.4) is 0 Å². The number of ether oxygens (including phenoxy) is 3. The van der Waals surface area contributed by atoms with Gasteiger partial charge in [0.25, 0.3) is 5.91 Å². The lowest BCUT2D eigenvalue weighted by Gasteiger charge is -2.28. The summed E-state index contributed by atoms with van der Waals surface area (Å²) in [6.45, 7) is 8.13. The van der Waals surface area contributed by atoms with Gasteiger partial charge in [-0.15, -0.1) is 0 Å². The highest BCUT2D eigenvalue weighted by molar-refractivity contribution is 5.98. The first-order valence-electron chi connectivity index (χ1n) is 15.8. The van der Waals surface area contributed by atoms with E-state index >= 15 is 0 Å². The van der Waals surface area contributed by atoms with Crippen molar-refractivity contribution in [3.05, 3.63) is 84.4 Å². The maximum absolute atomic E-state index is 13.5. The van der Waals surface area contributed by atoms with Gasteiger partial charge in [0.2, 0.25) is 11.8 Å². The molecule has 11 nitrogen and oxygen atoms in total. The number of hydrogen-bond donors (Lipinski definition) is 2. The first kappa shape index (κ1) is 38.1. The molecule has 0 aliphatic heterocycles. The summed E-state index contributed by atoms with van der Waals surface area (Å²) in [6, 6.07) is 22.7. The van der Waals surface area contributed by atoms with Gasteiger partial charge in [0.05, 0.1) is 20.1 Å². The molecule has 254 valence electrons. The highest BCUT2D eigenvalue weighted by Gasteiger charge is 2.25. The van der Waals surface area contributed by atoms with Gasteiger partial charge in [-0.3, -0.25) is 19.2 Å². The number of carboxylic acids is 1. The Bertz CT molecular complexity index is 1410. The second-order valence-corrected chi connectivity index (χ2v) is 10.7. The lowest BCUT2D eigenvalue weighted by atomic mass is 10.1. The van der Waals surface area contributed by atoms with E-state index < -0.39 is 23.7 Å². The molecular weight excluding hydrogens is 602 g/mol. The van der Waals surface area contributed by atoms with Gasteiger partial charge < -0.3 is 34.4 Å². The molecule has 0 aliphatic rings. The minimum Gasteiger partial charge on any atom is -0.497 e. The Morgan fingerprint density at radius 2 is 1.40 bits per heavy atom. The van der Waals surface area contributed by atoms with Crippen LogP contribution in [0.25, 0.3) is 0 Å². The molecule has 0 fully saturated rings. The average molecular weight is 650 g/mol. The predicted octanol–water partition coefficient (Wildman–Crippen LogP) is 5.61. The third-order valence-electron chi connectivity index (χ3n) is 6.67. The predicted molar refractivity (Wildman–Crippen MR) is 181 cm³/mol. The normalized spacial score (nSPS) is 10.3. The topological polar surface area (TPSA) is 135 Å². The fraction of sp³-hybridized carbons (Fsp3) is 0.389. The van der Waals surface area contributed by atoms with Crippen LogP contribution in [-0.2, 0) is 14.4 Å². The number of rotatable bonds is 18. The van der Waals surface area contributed by atoms with Crippen molar-refractivity contribution >= 4 is 29.4 Å². The van der Waals surface area contributed by atoms with Gasteiger partial charge in [-0.1, -0.05) is 58.0 Å². The monoisotopic (exact) mass is 649 g/mol. The minimum atomic E-state index is -1.10. The van der Waals surface area contributed by atoms with E-state index in [0.717, 1.165) is 5.75 Å². The molecule has 3 amide bonds. The Kier molecular flexibility index (Phi) is 16.9. The van der Waals surface area contributed by atoms with Crippen LogP contribution in [0.4, 0.5) is 5.69 Å². The Morgan fingerprint density at radius 1 is 0.766 bits per heavy atom. The fourth-order valence-electron chi connectivity index (χ4n) is 4.26. The summed E-state index contributed by atoms with van der Waals surface area (Å²) in [5.74, 6) is -0.508. The number of aliphatic carboxylic acids is 1. The number of carbonyl (C=O) groups is 4. The molecule has 0 bridgehead atoms. The molecule has 0 atom stereocenters. The number of carboxylic acid groups (broad SMARTS) is 1. The molecule has 2 N–H and O–H groups in total. The molecular formula is C36H47N3O8. The molecule has 0 heterocycles. The maximum Gasteiger partial charge on any atom is 0.305 e. The molecule has 3 rings (SSSR count). The van der Waals surface area contributed by atoms with Crippen LogP contribution < -0.4 is 19.5 Å². The van der Waals surface area contributed by atoms with Crippen LogP contribution in [0.15, 0.2) is 78.9 Å². The summed E-state index contributed by atoms with van der Waals surface area (Å²) in [7, 11) is 1.47. The molecule has 0 saturated carbocycles. The minimum absolute atomic E-state index is 0.176. The SMILES string of the molecule is CC.COc1cccc(C(=O)N(CCC(=O)O)CC(=O)N(CCC(C)C)CC(=O)Nc2cccc(OCCOc3ccccc3)c2)c1. The van der Waals surface area contributed by atoms with Crippen LogP contribution in [0.2, 0.25) is 0 Å². The summed E-state index contributed by atoms with van der Waals surface area (Å²) < 4.78 is 16.6. The van der Waals surface area contributed by atoms with Gasteiger partial charge >= 0.3 is 5.97 Å². The van der Waals surface area contributed by atoms with Crippen LogP contribution in [0.5, 0.6) is 17.2 Å². The Labute approximate surface area is 277 Å². The lowest BCUT2D eigenvalue weighted by Crippen LogP contribution is -2.46. The molecule has 3 aromatic carbocycles. The maximum atomic E-state index is 13.5. The molecule has 3 aromatic rings. The molecule has 0 aromatic heterocycles. The zero-order valence-corrected chi connectivity index (χ0v) is 27.9. The molecule has 0 aliphatic carbocycles. The number of nitrogens with zero attached hydrogens (tertiary/aromatic N) is 2. The van der Waals surface area contributed by atoms with E-state index in [9.17, 15) is 24.3 Å². The largest absolute Gasteiger partial charge is 0.497 e. The van der Waals surface area contributed by atoms with Crippen LogP contribution in [0, 0.1) is 5.92 Å². The summed E-state index contributed by atoms with van der Waals surface area (Å²) in [5, 5.41) is 12.1. The Hall–Kier alpha value is -5.06. The number of methoxy groups -OCH3 is 1. The highest BCUT2D eigenvalue weighted by Crippen LogP contribution is 2.18. The number of carbonyl (C=O) groups excluding carboxylic acids is 3. The van der Waals surface area contributed by atoms with Crippen molar-refractivity contribution in [2.24, 2.45) is 5.92 Å². The molecule has 0 radical (unpaired) electrons. The van der Waals surface area contributed by atoms with E-state index in [4.69, 9.17) is 14.2 Å². The summed E-state index contributed by atoms with van der Waals surface area (Å²) in [5.41, 5.74) is 0.752. The van der Waals surface area contributed by atoms with Crippen molar-refractivity contribution in [3.63, 3.8) is 0 Å². The quantitative estimate of drug-likeness (QED) is 0.170. The number of amides is 3. The van der Waals surface area contributed by atoms with Gasteiger partial charge in [-0.2, -0.15) is 0 Å². The molecule has 0 saturated heterocycles. The second-order valence-electron chi connectivity index (χ2n) is 10.7. The average Bonchev–Trinajstić information content (AvgIpc) is 3.07. The molecule has 0 spiro atoms. The van der Waals surface area contributed by atoms with Crippen molar-refractivity contribution in [2.75, 3.05) is 51.8 Å². The van der Waals surface area contributed by atoms with Gasteiger partial charge in [0, 0.05) is 30.4 Å². The van der Waals surface area contributed by atoms with Crippen molar-refractivity contribution in [2.45, 2.75) is 40.5 Å². The first-order valence-corrected chi connectivity index (χ1v) is 15.8. The third-order valence-corrected chi connectivity index (χ3v) is 6.67. The number of para-hydroxylation sites is 1. The van der Waals surface area contributed by atoms with Gasteiger partial charge in [-0.25, -0.2) is 0 Å². The zero-order valence-electron chi connectivity index (χ0n) is 27.9.